The summed E-state index contributed by atoms with van der Waals surface area (Å²) in [5, 5.41) is 6.53. The molecular weight excluding hydrogens is 348 g/mol. The standard InChI is InChI=1S/C19H32N4O2S/c1-15-6-8-17(9-7-15)23-12-10-16(14-23)22-18(20-5)21-11-13-26(24,25)19(2,3)4/h6-9,16H,10-14H2,1-5H3,(H2,20,21,22). The van der Waals surface area contributed by atoms with Crippen LogP contribution in [0.2, 0.25) is 0 Å². The lowest BCUT2D eigenvalue weighted by Gasteiger charge is -2.22. The van der Waals surface area contributed by atoms with Gasteiger partial charge in [-0.3, -0.25) is 4.99 Å². The number of hydrogen-bond donors (Lipinski definition) is 2. The minimum Gasteiger partial charge on any atom is -0.369 e. The molecule has 1 fully saturated rings. The molecule has 1 aliphatic heterocycles. The zero-order chi connectivity index (χ0) is 19.4. The normalized spacial score (nSPS) is 18.9. The van der Waals surface area contributed by atoms with Gasteiger partial charge in [0, 0.05) is 38.4 Å². The zero-order valence-electron chi connectivity index (χ0n) is 16.5. The van der Waals surface area contributed by atoms with Gasteiger partial charge in [0.1, 0.15) is 0 Å². The van der Waals surface area contributed by atoms with Crippen molar-refractivity contribution in [2.75, 3.05) is 37.3 Å². The molecule has 6 nitrogen and oxygen atoms in total. The van der Waals surface area contributed by atoms with Crippen LogP contribution in [0.3, 0.4) is 0 Å². The number of aryl methyl sites for hydroxylation is 1. The summed E-state index contributed by atoms with van der Waals surface area (Å²) in [5.74, 6) is 0.752. The van der Waals surface area contributed by atoms with Crippen LogP contribution in [0.15, 0.2) is 29.3 Å². The first-order valence-electron chi connectivity index (χ1n) is 9.13. The molecule has 1 saturated heterocycles. The molecule has 0 spiro atoms. The Hall–Kier alpha value is -1.76. The number of hydrogen-bond acceptors (Lipinski definition) is 4. The van der Waals surface area contributed by atoms with Crippen molar-refractivity contribution in [3.05, 3.63) is 29.8 Å². The molecule has 1 aromatic rings. The quantitative estimate of drug-likeness (QED) is 0.603. The maximum absolute atomic E-state index is 12.2. The van der Waals surface area contributed by atoms with Gasteiger partial charge in [-0.15, -0.1) is 0 Å². The summed E-state index contributed by atoms with van der Waals surface area (Å²) in [6.45, 7) is 9.54. The van der Waals surface area contributed by atoms with Crippen molar-refractivity contribution in [3.8, 4) is 0 Å². The van der Waals surface area contributed by atoms with Crippen molar-refractivity contribution >= 4 is 21.5 Å². The second-order valence-corrected chi connectivity index (χ2v) is 10.7. The fourth-order valence-corrected chi connectivity index (χ4v) is 3.85. The number of sulfone groups is 1. The van der Waals surface area contributed by atoms with Crippen LogP contribution in [-0.2, 0) is 9.84 Å². The van der Waals surface area contributed by atoms with E-state index in [9.17, 15) is 8.42 Å². The number of guanidine groups is 1. The van der Waals surface area contributed by atoms with E-state index >= 15 is 0 Å². The average Bonchev–Trinajstić information content (AvgIpc) is 3.02. The van der Waals surface area contributed by atoms with Gasteiger partial charge < -0.3 is 15.5 Å². The van der Waals surface area contributed by atoms with E-state index in [1.54, 1.807) is 27.8 Å². The lowest BCUT2D eigenvalue weighted by atomic mass is 10.2. The molecule has 146 valence electrons. The summed E-state index contributed by atoms with van der Waals surface area (Å²) < 4.78 is 23.6. The molecule has 0 aromatic heterocycles. The number of rotatable bonds is 5. The number of anilines is 1. The Labute approximate surface area is 158 Å². The fourth-order valence-electron chi connectivity index (χ4n) is 2.87. The van der Waals surface area contributed by atoms with Crippen LogP contribution in [-0.4, -0.2) is 57.6 Å². The molecule has 0 aliphatic carbocycles. The number of nitrogens with zero attached hydrogens (tertiary/aromatic N) is 2. The molecular formula is C19H32N4O2S. The Bertz CT molecular complexity index is 721. The number of benzene rings is 1. The third kappa shape index (κ3) is 5.37. The monoisotopic (exact) mass is 380 g/mol. The van der Waals surface area contributed by atoms with E-state index in [4.69, 9.17) is 0 Å². The summed E-state index contributed by atoms with van der Waals surface area (Å²) in [5.41, 5.74) is 2.50. The van der Waals surface area contributed by atoms with Crippen molar-refractivity contribution in [2.45, 2.75) is 44.9 Å². The predicted molar refractivity (Wildman–Crippen MR) is 110 cm³/mol. The predicted octanol–water partition coefficient (Wildman–Crippen LogP) is 1.95. The van der Waals surface area contributed by atoms with Crippen molar-refractivity contribution in [3.63, 3.8) is 0 Å². The minimum absolute atomic E-state index is 0.0946. The second-order valence-electron chi connectivity index (χ2n) is 7.84. The Balaban J connectivity index is 1.83. The fraction of sp³-hybridized carbons (Fsp3) is 0.632. The molecule has 1 heterocycles. The molecule has 1 atom stereocenters. The van der Waals surface area contributed by atoms with Crippen molar-refractivity contribution in [1.82, 2.24) is 10.6 Å². The Kier molecular flexibility index (Phi) is 6.55. The largest absolute Gasteiger partial charge is 0.369 e. The molecule has 0 amide bonds. The van der Waals surface area contributed by atoms with Gasteiger partial charge in [-0.25, -0.2) is 8.42 Å². The first kappa shape index (κ1) is 20.6. The molecule has 7 heteroatoms. The molecule has 2 N–H and O–H groups in total. The van der Waals surface area contributed by atoms with Gasteiger partial charge in [0.25, 0.3) is 0 Å². The van der Waals surface area contributed by atoms with Gasteiger partial charge in [-0.2, -0.15) is 0 Å². The SMILES string of the molecule is CN=C(NCCS(=O)(=O)C(C)(C)C)NC1CCN(c2ccc(C)cc2)C1. The van der Waals surface area contributed by atoms with Gasteiger partial charge in [0.2, 0.25) is 0 Å². The van der Waals surface area contributed by atoms with Crippen LogP contribution >= 0.6 is 0 Å². The maximum atomic E-state index is 12.2. The van der Waals surface area contributed by atoms with Crippen LogP contribution in [0.5, 0.6) is 0 Å². The summed E-state index contributed by atoms with van der Waals surface area (Å²) in [6.07, 6.45) is 1.02. The van der Waals surface area contributed by atoms with Gasteiger partial charge in [0.05, 0.1) is 10.5 Å². The van der Waals surface area contributed by atoms with E-state index in [0.29, 0.717) is 18.5 Å². The third-order valence-corrected chi connectivity index (χ3v) is 7.36. The van der Waals surface area contributed by atoms with Crippen molar-refractivity contribution < 1.29 is 8.42 Å². The van der Waals surface area contributed by atoms with Crippen LogP contribution in [0.4, 0.5) is 5.69 Å². The lowest BCUT2D eigenvalue weighted by molar-refractivity contribution is 0.558. The molecule has 1 aliphatic rings. The van der Waals surface area contributed by atoms with E-state index in [0.717, 1.165) is 19.5 Å². The molecule has 2 rings (SSSR count). The van der Waals surface area contributed by atoms with Crippen LogP contribution in [0.1, 0.15) is 32.8 Å². The van der Waals surface area contributed by atoms with Crippen LogP contribution in [0, 0.1) is 6.92 Å². The minimum atomic E-state index is -3.13. The van der Waals surface area contributed by atoms with Gasteiger partial charge in [-0.05, 0) is 46.2 Å². The molecule has 26 heavy (non-hydrogen) atoms. The number of nitrogens with one attached hydrogen (secondary N) is 2. The van der Waals surface area contributed by atoms with E-state index in [-0.39, 0.29) is 5.75 Å². The van der Waals surface area contributed by atoms with Crippen molar-refractivity contribution in [1.29, 1.82) is 0 Å². The van der Waals surface area contributed by atoms with Crippen molar-refractivity contribution in [2.24, 2.45) is 4.99 Å². The Morgan fingerprint density at radius 3 is 2.50 bits per heavy atom. The lowest BCUT2D eigenvalue weighted by Crippen LogP contribution is -2.46. The van der Waals surface area contributed by atoms with Crippen LogP contribution in [0.25, 0.3) is 0 Å². The second kappa shape index (κ2) is 8.29. The van der Waals surface area contributed by atoms with Crippen LogP contribution < -0.4 is 15.5 Å². The molecule has 1 unspecified atom stereocenters. The summed E-state index contributed by atoms with van der Waals surface area (Å²) in [4.78, 5) is 6.58. The topological polar surface area (TPSA) is 73.8 Å². The summed E-state index contributed by atoms with van der Waals surface area (Å²) >= 11 is 0. The molecule has 0 saturated carbocycles. The summed E-state index contributed by atoms with van der Waals surface area (Å²) in [7, 11) is -1.42. The average molecular weight is 381 g/mol. The first-order chi connectivity index (χ1) is 12.1. The molecule has 1 aromatic carbocycles. The highest BCUT2D eigenvalue weighted by Crippen LogP contribution is 2.20. The Morgan fingerprint density at radius 2 is 1.92 bits per heavy atom. The molecule has 0 radical (unpaired) electrons. The van der Waals surface area contributed by atoms with E-state index in [1.807, 2.05) is 0 Å². The van der Waals surface area contributed by atoms with E-state index < -0.39 is 14.6 Å². The summed E-state index contributed by atoms with van der Waals surface area (Å²) in [6, 6.07) is 8.87. The number of aliphatic imine (C=N–C) groups is 1. The van der Waals surface area contributed by atoms with Gasteiger partial charge >= 0.3 is 0 Å². The zero-order valence-corrected chi connectivity index (χ0v) is 17.4. The van der Waals surface area contributed by atoms with E-state index in [2.05, 4.69) is 51.7 Å². The van der Waals surface area contributed by atoms with E-state index in [1.165, 1.54) is 11.3 Å². The highest BCUT2D eigenvalue weighted by Gasteiger charge is 2.28. The smallest absolute Gasteiger partial charge is 0.191 e. The first-order valence-corrected chi connectivity index (χ1v) is 10.8. The maximum Gasteiger partial charge on any atom is 0.191 e. The van der Waals surface area contributed by atoms with Gasteiger partial charge in [0.15, 0.2) is 15.8 Å². The highest BCUT2D eigenvalue weighted by molar-refractivity contribution is 7.92. The Morgan fingerprint density at radius 1 is 1.27 bits per heavy atom. The van der Waals surface area contributed by atoms with Gasteiger partial charge in [-0.1, -0.05) is 17.7 Å². The highest BCUT2D eigenvalue weighted by atomic mass is 32.2. The molecule has 0 bridgehead atoms. The third-order valence-electron chi connectivity index (χ3n) is 4.75.